The molecule has 0 radical (unpaired) electrons. The zero-order valence-electron chi connectivity index (χ0n) is 10.9. The van der Waals surface area contributed by atoms with Gasteiger partial charge in [-0.3, -0.25) is 0 Å². The molecule has 2 aliphatic carbocycles. The van der Waals surface area contributed by atoms with Gasteiger partial charge in [0.25, 0.3) is 0 Å². The maximum atomic E-state index is 6.29. The Bertz CT molecular complexity index is 207. The van der Waals surface area contributed by atoms with Crippen molar-refractivity contribution in [1.29, 1.82) is 0 Å². The summed E-state index contributed by atoms with van der Waals surface area (Å²) in [6.07, 6.45) is 11.6. The molecule has 16 heavy (non-hydrogen) atoms. The molecule has 0 heterocycles. The van der Waals surface area contributed by atoms with Gasteiger partial charge in [0.15, 0.2) is 0 Å². The molecule has 4 atom stereocenters. The molecule has 0 aromatic rings. The van der Waals surface area contributed by atoms with Gasteiger partial charge in [-0.2, -0.15) is 0 Å². The van der Waals surface area contributed by atoms with E-state index in [0.29, 0.717) is 18.2 Å². The van der Waals surface area contributed by atoms with E-state index in [1.807, 2.05) is 0 Å². The average molecular weight is 225 g/mol. The topological polar surface area (TPSA) is 21.3 Å². The first-order valence-corrected chi connectivity index (χ1v) is 7.10. The largest absolute Gasteiger partial charge is 0.375 e. The Morgan fingerprint density at radius 3 is 2.31 bits per heavy atom. The molecule has 1 N–H and O–H groups in total. The predicted molar refractivity (Wildman–Crippen MR) is 67.6 cm³/mol. The monoisotopic (exact) mass is 225 g/mol. The third-order valence-corrected chi connectivity index (χ3v) is 4.31. The second-order valence-electron chi connectivity index (χ2n) is 5.80. The molecular weight excluding hydrogens is 198 g/mol. The summed E-state index contributed by atoms with van der Waals surface area (Å²) >= 11 is 0. The van der Waals surface area contributed by atoms with Crippen molar-refractivity contribution in [3.8, 4) is 0 Å². The van der Waals surface area contributed by atoms with Crippen LogP contribution in [-0.2, 0) is 4.74 Å². The van der Waals surface area contributed by atoms with Gasteiger partial charge >= 0.3 is 0 Å². The van der Waals surface area contributed by atoms with Crippen LogP contribution in [0.5, 0.6) is 0 Å². The van der Waals surface area contributed by atoms with Crippen LogP contribution in [-0.4, -0.2) is 25.3 Å². The molecule has 0 aromatic carbocycles. The van der Waals surface area contributed by atoms with Crippen LogP contribution in [0.15, 0.2) is 0 Å². The zero-order chi connectivity index (χ0) is 11.4. The normalized spacial score (nSPS) is 40.9. The highest BCUT2D eigenvalue weighted by Gasteiger charge is 2.26. The SMILES string of the molecule is CNC1CCCC(OC2CCCC(C)C2)C1. The van der Waals surface area contributed by atoms with E-state index in [4.69, 9.17) is 4.74 Å². The molecular formula is C14H27NO. The Kier molecular flexibility index (Phi) is 4.66. The molecule has 2 aliphatic rings. The number of hydrogen-bond donors (Lipinski definition) is 1. The highest BCUT2D eigenvalue weighted by Crippen LogP contribution is 2.29. The van der Waals surface area contributed by atoms with E-state index >= 15 is 0 Å². The van der Waals surface area contributed by atoms with Crippen molar-refractivity contribution in [3.05, 3.63) is 0 Å². The minimum absolute atomic E-state index is 0.529. The average Bonchev–Trinajstić information content (AvgIpc) is 2.29. The molecule has 2 heteroatoms. The quantitative estimate of drug-likeness (QED) is 0.797. The summed E-state index contributed by atoms with van der Waals surface area (Å²) in [7, 11) is 2.08. The van der Waals surface area contributed by atoms with Gasteiger partial charge in [-0.25, -0.2) is 0 Å². The Morgan fingerprint density at radius 2 is 1.62 bits per heavy atom. The summed E-state index contributed by atoms with van der Waals surface area (Å²) in [4.78, 5) is 0. The number of nitrogens with one attached hydrogen (secondary N) is 1. The van der Waals surface area contributed by atoms with Gasteiger partial charge in [0.05, 0.1) is 12.2 Å². The second-order valence-corrected chi connectivity index (χ2v) is 5.80. The lowest BCUT2D eigenvalue weighted by molar-refractivity contribution is -0.0570. The number of ether oxygens (including phenoxy) is 1. The summed E-state index contributed by atoms with van der Waals surface area (Å²) in [5.41, 5.74) is 0. The fraction of sp³-hybridized carbons (Fsp3) is 1.00. The maximum absolute atomic E-state index is 6.29. The van der Waals surface area contributed by atoms with E-state index in [1.165, 1.54) is 51.4 Å². The Morgan fingerprint density at radius 1 is 0.938 bits per heavy atom. The molecule has 2 nitrogen and oxygen atoms in total. The highest BCUT2D eigenvalue weighted by molar-refractivity contribution is 4.79. The van der Waals surface area contributed by atoms with Gasteiger partial charge in [0.1, 0.15) is 0 Å². The van der Waals surface area contributed by atoms with E-state index in [0.717, 1.165) is 5.92 Å². The van der Waals surface area contributed by atoms with Gasteiger partial charge in [-0.15, -0.1) is 0 Å². The van der Waals surface area contributed by atoms with Crippen molar-refractivity contribution in [1.82, 2.24) is 5.32 Å². The van der Waals surface area contributed by atoms with Crippen molar-refractivity contribution in [2.24, 2.45) is 5.92 Å². The van der Waals surface area contributed by atoms with E-state index in [-0.39, 0.29) is 0 Å². The molecule has 0 spiro atoms. The van der Waals surface area contributed by atoms with E-state index in [9.17, 15) is 0 Å². The van der Waals surface area contributed by atoms with E-state index < -0.39 is 0 Å². The lowest BCUT2D eigenvalue weighted by Crippen LogP contribution is -2.37. The molecule has 0 aliphatic heterocycles. The van der Waals surface area contributed by atoms with Crippen LogP contribution in [0.1, 0.15) is 58.3 Å². The van der Waals surface area contributed by atoms with Crippen LogP contribution < -0.4 is 5.32 Å². The van der Waals surface area contributed by atoms with Crippen LogP contribution in [0.2, 0.25) is 0 Å². The van der Waals surface area contributed by atoms with Crippen molar-refractivity contribution < 1.29 is 4.74 Å². The lowest BCUT2D eigenvalue weighted by Gasteiger charge is -2.34. The van der Waals surface area contributed by atoms with Gasteiger partial charge in [0, 0.05) is 6.04 Å². The summed E-state index contributed by atoms with van der Waals surface area (Å²) in [5.74, 6) is 0.877. The predicted octanol–water partition coefficient (Wildman–Crippen LogP) is 3.11. The fourth-order valence-electron chi connectivity index (χ4n) is 3.30. The first kappa shape index (κ1) is 12.4. The molecule has 0 bridgehead atoms. The molecule has 2 saturated carbocycles. The summed E-state index contributed by atoms with van der Waals surface area (Å²) in [6.45, 7) is 2.37. The lowest BCUT2D eigenvalue weighted by atomic mass is 9.87. The molecule has 94 valence electrons. The Labute approximate surface area is 100 Å². The second kappa shape index (κ2) is 6.02. The Hall–Kier alpha value is -0.0800. The van der Waals surface area contributed by atoms with Crippen molar-refractivity contribution in [2.75, 3.05) is 7.05 Å². The summed E-state index contributed by atoms with van der Waals surface area (Å²) in [5, 5.41) is 3.40. The minimum atomic E-state index is 0.529. The van der Waals surface area contributed by atoms with Gasteiger partial charge in [-0.1, -0.05) is 19.8 Å². The molecule has 0 amide bonds. The van der Waals surface area contributed by atoms with Gasteiger partial charge in [0.2, 0.25) is 0 Å². The maximum Gasteiger partial charge on any atom is 0.0593 e. The highest BCUT2D eigenvalue weighted by atomic mass is 16.5. The third-order valence-electron chi connectivity index (χ3n) is 4.31. The van der Waals surface area contributed by atoms with Gasteiger partial charge in [-0.05, 0) is 51.5 Å². The molecule has 2 rings (SSSR count). The first-order valence-electron chi connectivity index (χ1n) is 7.10. The summed E-state index contributed by atoms with van der Waals surface area (Å²) in [6, 6.07) is 0.694. The van der Waals surface area contributed by atoms with E-state index in [1.54, 1.807) is 0 Å². The standard InChI is InChI=1S/C14H27NO/c1-11-5-3-7-13(9-11)16-14-8-4-6-12(10-14)15-2/h11-15H,3-10H2,1-2H3. The van der Waals surface area contributed by atoms with Crippen LogP contribution >= 0.6 is 0 Å². The smallest absolute Gasteiger partial charge is 0.0593 e. The molecule has 0 aromatic heterocycles. The third kappa shape index (κ3) is 3.46. The molecule has 4 unspecified atom stereocenters. The van der Waals surface area contributed by atoms with Crippen LogP contribution in [0, 0.1) is 5.92 Å². The van der Waals surface area contributed by atoms with Crippen molar-refractivity contribution in [3.63, 3.8) is 0 Å². The van der Waals surface area contributed by atoms with Crippen molar-refractivity contribution in [2.45, 2.75) is 76.5 Å². The zero-order valence-corrected chi connectivity index (χ0v) is 10.9. The Balaban J connectivity index is 1.75. The van der Waals surface area contributed by atoms with Crippen LogP contribution in [0.4, 0.5) is 0 Å². The number of hydrogen-bond acceptors (Lipinski definition) is 2. The fourth-order valence-corrected chi connectivity index (χ4v) is 3.30. The van der Waals surface area contributed by atoms with Gasteiger partial charge < -0.3 is 10.1 Å². The molecule has 2 fully saturated rings. The number of rotatable bonds is 3. The molecule has 0 saturated heterocycles. The van der Waals surface area contributed by atoms with Crippen LogP contribution in [0.3, 0.4) is 0 Å². The first-order chi connectivity index (χ1) is 7.78. The van der Waals surface area contributed by atoms with Crippen LogP contribution in [0.25, 0.3) is 0 Å². The summed E-state index contributed by atoms with van der Waals surface area (Å²) < 4.78 is 6.29. The van der Waals surface area contributed by atoms with Crippen molar-refractivity contribution >= 4 is 0 Å². The van der Waals surface area contributed by atoms with E-state index in [2.05, 4.69) is 19.3 Å². The minimum Gasteiger partial charge on any atom is -0.375 e.